The Morgan fingerprint density at radius 3 is 2.74 bits per heavy atom. The summed E-state index contributed by atoms with van der Waals surface area (Å²) in [6, 6.07) is 3.14. The first-order valence-corrected chi connectivity index (χ1v) is 9.14. The molecule has 0 spiro atoms. The molecule has 0 aliphatic heterocycles. The van der Waals surface area contributed by atoms with E-state index < -0.39 is 10.0 Å². The summed E-state index contributed by atoms with van der Waals surface area (Å²) in [7, 11) is -3.58. The number of nitrogens with zero attached hydrogens (tertiary/aromatic N) is 1. The summed E-state index contributed by atoms with van der Waals surface area (Å²) in [6.45, 7) is 0.428. The molecule has 108 valence electrons. The third-order valence-electron chi connectivity index (χ3n) is 2.62. The zero-order valence-electron chi connectivity index (χ0n) is 11.1. The maximum atomic E-state index is 11.9. The van der Waals surface area contributed by atoms with Gasteiger partial charge in [-0.25, -0.2) is 18.1 Å². The second kappa shape index (κ2) is 8.39. The van der Waals surface area contributed by atoms with Crippen LogP contribution in [0.5, 0.6) is 0 Å². The van der Waals surface area contributed by atoms with Gasteiger partial charge in [0.25, 0.3) is 10.0 Å². The quantitative estimate of drug-likeness (QED) is 0.680. The summed E-state index contributed by atoms with van der Waals surface area (Å²) in [5.74, 6) is 1.16. The first-order chi connectivity index (χ1) is 9.08. The lowest BCUT2D eigenvalue weighted by atomic mass is 10.2. The standard InChI is InChI=1S/C12H21N3O2S2/c1-18-10-5-3-2-4-9-15-19(16,17)12-11(13)7-6-8-14-12/h6-8,15H,2-5,9-10,13H2,1H3. The monoisotopic (exact) mass is 303 g/mol. The highest BCUT2D eigenvalue weighted by Gasteiger charge is 2.17. The molecule has 1 heterocycles. The number of pyridine rings is 1. The van der Waals surface area contributed by atoms with Gasteiger partial charge in [-0.05, 0) is 37.0 Å². The van der Waals surface area contributed by atoms with E-state index in [0.29, 0.717) is 6.54 Å². The molecule has 1 aromatic heterocycles. The van der Waals surface area contributed by atoms with Crippen molar-refractivity contribution in [3.8, 4) is 0 Å². The third-order valence-corrected chi connectivity index (χ3v) is 4.75. The summed E-state index contributed by atoms with van der Waals surface area (Å²) in [6.07, 6.45) is 7.69. The van der Waals surface area contributed by atoms with Crippen molar-refractivity contribution in [2.75, 3.05) is 24.3 Å². The molecule has 0 aliphatic carbocycles. The summed E-state index contributed by atoms with van der Waals surface area (Å²) in [4.78, 5) is 3.81. The lowest BCUT2D eigenvalue weighted by Crippen LogP contribution is -2.26. The Bertz CT molecular complexity index is 478. The fraction of sp³-hybridized carbons (Fsp3) is 0.583. The SMILES string of the molecule is CSCCCCCCNS(=O)(=O)c1ncccc1N. The van der Waals surface area contributed by atoms with Crippen LogP contribution in [0.1, 0.15) is 25.7 Å². The normalized spacial score (nSPS) is 11.6. The van der Waals surface area contributed by atoms with Crippen molar-refractivity contribution in [3.63, 3.8) is 0 Å². The second-order valence-corrected chi connectivity index (χ2v) is 6.87. The Hall–Kier alpha value is -0.790. The van der Waals surface area contributed by atoms with Crippen molar-refractivity contribution in [3.05, 3.63) is 18.3 Å². The van der Waals surface area contributed by atoms with Crippen LogP contribution in [0, 0.1) is 0 Å². The molecule has 0 aliphatic rings. The van der Waals surface area contributed by atoms with Gasteiger partial charge < -0.3 is 5.73 Å². The van der Waals surface area contributed by atoms with E-state index in [9.17, 15) is 8.42 Å². The number of hydrogen-bond acceptors (Lipinski definition) is 5. The van der Waals surface area contributed by atoms with Crippen LogP contribution in [0.4, 0.5) is 5.69 Å². The van der Waals surface area contributed by atoms with Crippen molar-refractivity contribution < 1.29 is 8.42 Å². The number of aromatic nitrogens is 1. The maximum absolute atomic E-state index is 11.9. The molecule has 0 amide bonds. The number of nitrogens with one attached hydrogen (secondary N) is 1. The molecule has 1 rings (SSSR count). The molecule has 0 aromatic carbocycles. The predicted molar refractivity (Wildman–Crippen MR) is 80.7 cm³/mol. The number of nitrogens with two attached hydrogens (primary N) is 1. The summed E-state index contributed by atoms with van der Waals surface area (Å²) < 4.78 is 26.4. The highest BCUT2D eigenvalue weighted by molar-refractivity contribution is 7.98. The molecule has 7 heteroatoms. The van der Waals surface area contributed by atoms with E-state index in [1.165, 1.54) is 18.7 Å². The summed E-state index contributed by atoms with van der Waals surface area (Å²) in [5.41, 5.74) is 5.78. The molecular formula is C12H21N3O2S2. The molecule has 0 fully saturated rings. The van der Waals surface area contributed by atoms with Gasteiger partial charge in [0.15, 0.2) is 5.03 Å². The molecule has 0 unspecified atom stereocenters. The molecule has 0 radical (unpaired) electrons. The molecule has 3 N–H and O–H groups in total. The molecule has 1 aromatic rings. The topological polar surface area (TPSA) is 85.1 Å². The fourth-order valence-electron chi connectivity index (χ4n) is 1.63. The highest BCUT2D eigenvalue weighted by Crippen LogP contribution is 2.13. The fourth-order valence-corrected chi connectivity index (χ4v) is 3.25. The highest BCUT2D eigenvalue weighted by atomic mass is 32.2. The van der Waals surface area contributed by atoms with E-state index in [-0.39, 0.29) is 10.7 Å². The van der Waals surface area contributed by atoms with E-state index in [4.69, 9.17) is 5.73 Å². The first kappa shape index (κ1) is 16.3. The van der Waals surface area contributed by atoms with Crippen molar-refractivity contribution >= 4 is 27.5 Å². The van der Waals surface area contributed by atoms with Gasteiger partial charge in [0.2, 0.25) is 0 Å². The van der Waals surface area contributed by atoms with Crippen LogP contribution in [-0.2, 0) is 10.0 Å². The van der Waals surface area contributed by atoms with Gasteiger partial charge in [-0.15, -0.1) is 0 Å². The lowest BCUT2D eigenvalue weighted by Gasteiger charge is -2.07. The van der Waals surface area contributed by atoms with Crippen LogP contribution < -0.4 is 10.5 Å². The van der Waals surface area contributed by atoms with Crippen LogP contribution in [0.3, 0.4) is 0 Å². The van der Waals surface area contributed by atoms with Crippen molar-refractivity contribution in [1.82, 2.24) is 9.71 Å². The number of thioether (sulfide) groups is 1. The molecule has 19 heavy (non-hydrogen) atoms. The van der Waals surface area contributed by atoms with E-state index in [1.807, 2.05) is 11.8 Å². The maximum Gasteiger partial charge on any atom is 0.260 e. The smallest absolute Gasteiger partial charge is 0.260 e. The van der Waals surface area contributed by atoms with Crippen LogP contribution in [-0.4, -0.2) is 32.0 Å². The number of sulfonamides is 1. The Kier molecular flexibility index (Phi) is 7.19. The van der Waals surface area contributed by atoms with Crippen molar-refractivity contribution in [2.45, 2.75) is 30.7 Å². The van der Waals surface area contributed by atoms with Gasteiger partial charge in [-0.3, -0.25) is 0 Å². The number of rotatable bonds is 9. The van der Waals surface area contributed by atoms with Crippen LogP contribution >= 0.6 is 11.8 Å². The van der Waals surface area contributed by atoms with Gasteiger partial charge >= 0.3 is 0 Å². The third kappa shape index (κ3) is 5.80. The number of anilines is 1. The Morgan fingerprint density at radius 2 is 2.05 bits per heavy atom. The van der Waals surface area contributed by atoms with Crippen molar-refractivity contribution in [1.29, 1.82) is 0 Å². The molecule has 5 nitrogen and oxygen atoms in total. The summed E-state index contributed by atoms with van der Waals surface area (Å²) in [5, 5.41) is -0.0858. The average Bonchev–Trinajstić information content (AvgIpc) is 2.38. The predicted octanol–water partition coefficient (Wildman–Crippen LogP) is 1.87. The van der Waals surface area contributed by atoms with E-state index in [2.05, 4.69) is 16.0 Å². The average molecular weight is 303 g/mol. The van der Waals surface area contributed by atoms with Crippen LogP contribution in [0.15, 0.2) is 23.4 Å². The van der Waals surface area contributed by atoms with Gasteiger partial charge in [0.1, 0.15) is 0 Å². The molecular weight excluding hydrogens is 282 g/mol. The van der Waals surface area contributed by atoms with Gasteiger partial charge in [-0.1, -0.05) is 12.8 Å². The zero-order chi connectivity index (χ0) is 14.1. The molecule has 0 saturated carbocycles. The number of nitrogen functional groups attached to an aromatic ring is 1. The van der Waals surface area contributed by atoms with Gasteiger partial charge in [-0.2, -0.15) is 11.8 Å². The van der Waals surface area contributed by atoms with Gasteiger partial charge in [0, 0.05) is 12.7 Å². The van der Waals surface area contributed by atoms with E-state index in [1.54, 1.807) is 6.07 Å². The molecule has 0 atom stereocenters. The lowest BCUT2D eigenvalue weighted by molar-refractivity contribution is 0.571. The minimum Gasteiger partial charge on any atom is -0.396 e. The molecule has 0 saturated heterocycles. The Morgan fingerprint density at radius 1 is 1.32 bits per heavy atom. The minimum absolute atomic E-state index is 0.0858. The van der Waals surface area contributed by atoms with E-state index in [0.717, 1.165) is 25.0 Å². The largest absolute Gasteiger partial charge is 0.396 e. The van der Waals surface area contributed by atoms with Crippen LogP contribution in [0.25, 0.3) is 0 Å². The zero-order valence-corrected chi connectivity index (χ0v) is 12.8. The second-order valence-electron chi connectivity index (χ2n) is 4.20. The molecule has 0 bridgehead atoms. The summed E-state index contributed by atoms with van der Waals surface area (Å²) >= 11 is 1.83. The van der Waals surface area contributed by atoms with E-state index >= 15 is 0 Å². The first-order valence-electron chi connectivity index (χ1n) is 6.27. The minimum atomic E-state index is -3.58. The number of unbranched alkanes of at least 4 members (excludes halogenated alkanes) is 3. The Balaban J connectivity index is 2.34. The van der Waals surface area contributed by atoms with Gasteiger partial charge in [0.05, 0.1) is 5.69 Å². The van der Waals surface area contributed by atoms with Crippen LogP contribution in [0.2, 0.25) is 0 Å². The Labute approximate surface area is 119 Å². The van der Waals surface area contributed by atoms with Crippen molar-refractivity contribution in [2.24, 2.45) is 0 Å². The number of hydrogen-bond donors (Lipinski definition) is 2.